The first-order chi connectivity index (χ1) is 15.2. The van der Waals surface area contributed by atoms with Crippen LogP contribution in [0.15, 0.2) is 66.9 Å². The molecule has 0 atom stereocenters. The third-order valence-electron chi connectivity index (χ3n) is 4.76. The van der Waals surface area contributed by atoms with Crippen molar-refractivity contribution in [2.24, 2.45) is 0 Å². The van der Waals surface area contributed by atoms with E-state index in [0.717, 1.165) is 16.9 Å². The van der Waals surface area contributed by atoms with Crippen LogP contribution in [-0.2, 0) is 19.7 Å². The standard InChI is InChI=1S/C23H24N6O2/c1-17-6-9-20(10-7-17)29-23(26-27-28-29)16-31-21-11-8-18(13-22(21)30-2)14-24-15-19-5-3-4-12-25-19/h3-13,24H,14-16H2,1-2H3. The number of rotatable bonds is 9. The Balaban J connectivity index is 1.39. The van der Waals surface area contributed by atoms with E-state index in [1.165, 1.54) is 5.56 Å². The third kappa shape index (κ3) is 5.23. The largest absolute Gasteiger partial charge is 0.493 e. The van der Waals surface area contributed by atoms with Crippen LogP contribution in [0.4, 0.5) is 0 Å². The molecule has 158 valence electrons. The van der Waals surface area contributed by atoms with Gasteiger partial charge in [0.05, 0.1) is 18.5 Å². The average Bonchev–Trinajstić information content (AvgIpc) is 3.28. The molecule has 0 aliphatic heterocycles. The Hall–Kier alpha value is -3.78. The van der Waals surface area contributed by atoms with Gasteiger partial charge in [-0.25, -0.2) is 0 Å². The number of tetrazole rings is 1. The van der Waals surface area contributed by atoms with Crippen LogP contribution >= 0.6 is 0 Å². The van der Waals surface area contributed by atoms with E-state index in [4.69, 9.17) is 9.47 Å². The Morgan fingerprint density at radius 3 is 2.61 bits per heavy atom. The van der Waals surface area contributed by atoms with Crippen molar-refractivity contribution < 1.29 is 9.47 Å². The van der Waals surface area contributed by atoms with Crippen LogP contribution in [0.5, 0.6) is 11.5 Å². The molecule has 8 nitrogen and oxygen atoms in total. The zero-order valence-corrected chi connectivity index (χ0v) is 17.5. The summed E-state index contributed by atoms with van der Waals surface area (Å²) in [6.07, 6.45) is 1.79. The fourth-order valence-corrected chi connectivity index (χ4v) is 3.10. The summed E-state index contributed by atoms with van der Waals surface area (Å²) in [5.74, 6) is 1.90. The van der Waals surface area contributed by atoms with E-state index >= 15 is 0 Å². The van der Waals surface area contributed by atoms with Gasteiger partial charge in [0.15, 0.2) is 23.9 Å². The normalized spacial score (nSPS) is 10.8. The highest BCUT2D eigenvalue weighted by atomic mass is 16.5. The van der Waals surface area contributed by atoms with E-state index in [9.17, 15) is 0 Å². The molecule has 8 heteroatoms. The van der Waals surface area contributed by atoms with Crippen molar-refractivity contribution in [2.45, 2.75) is 26.6 Å². The monoisotopic (exact) mass is 416 g/mol. The minimum Gasteiger partial charge on any atom is -0.493 e. The molecule has 0 fully saturated rings. The zero-order valence-electron chi connectivity index (χ0n) is 17.5. The number of aromatic nitrogens is 5. The molecule has 0 aliphatic rings. The van der Waals surface area contributed by atoms with Gasteiger partial charge in [-0.1, -0.05) is 29.8 Å². The van der Waals surface area contributed by atoms with E-state index in [1.54, 1.807) is 18.0 Å². The molecule has 1 N–H and O–H groups in total. The quantitative estimate of drug-likeness (QED) is 0.448. The van der Waals surface area contributed by atoms with Crippen molar-refractivity contribution in [3.8, 4) is 17.2 Å². The lowest BCUT2D eigenvalue weighted by molar-refractivity contribution is 0.273. The maximum Gasteiger partial charge on any atom is 0.194 e. The van der Waals surface area contributed by atoms with Gasteiger partial charge in [-0.3, -0.25) is 4.98 Å². The molecule has 2 aromatic carbocycles. The molecule has 0 radical (unpaired) electrons. The van der Waals surface area contributed by atoms with Gasteiger partial charge >= 0.3 is 0 Å². The van der Waals surface area contributed by atoms with Crippen molar-refractivity contribution in [1.29, 1.82) is 0 Å². The molecule has 0 unspecified atom stereocenters. The lowest BCUT2D eigenvalue weighted by Crippen LogP contribution is -2.13. The first-order valence-electron chi connectivity index (χ1n) is 9.97. The van der Waals surface area contributed by atoms with Gasteiger partial charge in [0.1, 0.15) is 0 Å². The molecule has 0 saturated heterocycles. The second kappa shape index (κ2) is 9.82. The number of hydrogen-bond donors (Lipinski definition) is 1. The smallest absolute Gasteiger partial charge is 0.194 e. The molecule has 4 rings (SSSR count). The number of aryl methyl sites for hydroxylation is 1. The number of nitrogens with one attached hydrogen (secondary N) is 1. The van der Waals surface area contributed by atoms with E-state index in [-0.39, 0.29) is 6.61 Å². The van der Waals surface area contributed by atoms with Crippen LogP contribution in [0.3, 0.4) is 0 Å². The summed E-state index contributed by atoms with van der Waals surface area (Å²) in [4.78, 5) is 4.31. The van der Waals surface area contributed by atoms with Crippen molar-refractivity contribution in [1.82, 2.24) is 30.5 Å². The van der Waals surface area contributed by atoms with Gasteiger partial charge in [0.25, 0.3) is 0 Å². The summed E-state index contributed by atoms with van der Waals surface area (Å²) >= 11 is 0. The molecule has 2 aromatic heterocycles. The van der Waals surface area contributed by atoms with Gasteiger partial charge < -0.3 is 14.8 Å². The van der Waals surface area contributed by atoms with Crippen molar-refractivity contribution in [3.63, 3.8) is 0 Å². The number of nitrogens with zero attached hydrogens (tertiary/aromatic N) is 5. The van der Waals surface area contributed by atoms with Crippen LogP contribution in [0, 0.1) is 6.92 Å². The van der Waals surface area contributed by atoms with Crippen molar-refractivity contribution in [3.05, 3.63) is 89.5 Å². The second-order valence-corrected chi connectivity index (χ2v) is 7.04. The summed E-state index contributed by atoms with van der Waals surface area (Å²) in [6.45, 7) is 3.65. The maximum absolute atomic E-state index is 5.97. The Kier molecular flexibility index (Phi) is 6.49. The third-order valence-corrected chi connectivity index (χ3v) is 4.76. The molecule has 0 saturated carbocycles. The minimum absolute atomic E-state index is 0.217. The van der Waals surface area contributed by atoms with Crippen LogP contribution < -0.4 is 14.8 Å². The molecule has 4 aromatic rings. The van der Waals surface area contributed by atoms with Crippen molar-refractivity contribution >= 4 is 0 Å². The van der Waals surface area contributed by atoms with Gasteiger partial charge in [0, 0.05) is 19.3 Å². The lowest BCUT2D eigenvalue weighted by Gasteiger charge is -2.13. The minimum atomic E-state index is 0.217. The highest BCUT2D eigenvalue weighted by Gasteiger charge is 2.12. The molecule has 2 heterocycles. The van der Waals surface area contributed by atoms with Gasteiger partial charge in [-0.05, 0) is 59.3 Å². The summed E-state index contributed by atoms with van der Waals surface area (Å²) in [7, 11) is 1.63. The number of ether oxygens (including phenoxy) is 2. The molecule has 31 heavy (non-hydrogen) atoms. The Morgan fingerprint density at radius 1 is 0.968 bits per heavy atom. The molecule has 0 aliphatic carbocycles. The number of hydrogen-bond acceptors (Lipinski definition) is 7. The number of methoxy groups -OCH3 is 1. The highest BCUT2D eigenvalue weighted by molar-refractivity contribution is 5.43. The van der Waals surface area contributed by atoms with Crippen LogP contribution in [-0.4, -0.2) is 32.3 Å². The van der Waals surface area contributed by atoms with Gasteiger partial charge in [0.2, 0.25) is 0 Å². The predicted molar refractivity (Wildman–Crippen MR) is 116 cm³/mol. The topological polar surface area (TPSA) is 87.0 Å². The highest BCUT2D eigenvalue weighted by Crippen LogP contribution is 2.29. The maximum atomic E-state index is 5.97. The van der Waals surface area contributed by atoms with Crippen LogP contribution in [0.25, 0.3) is 5.69 Å². The van der Waals surface area contributed by atoms with Crippen LogP contribution in [0.2, 0.25) is 0 Å². The Morgan fingerprint density at radius 2 is 1.84 bits per heavy atom. The Bertz CT molecular complexity index is 1110. The number of pyridine rings is 1. The van der Waals surface area contributed by atoms with E-state index in [0.29, 0.717) is 30.4 Å². The first-order valence-corrected chi connectivity index (χ1v) is 9.97. The SMILES string of the molecule is COc1cc(CNCc2ccccn2)ccc1OCc1nnnn1-c1ccc(C)cc1. The fourth-order valence-electron chi connectivity index (χ4n) is 3.10. The first kappa shape index (κ1) is 20.5. The summed E-state index contributed by atoms with van der Waals surface area (Å²) in [5, 5.41) is 15.3. The number of benzene rings is 2. The summed E-state index contributed by atoms with van der Waals surface area (Å²) < 4.78 is 13.2. The summed E-state index contributed by atoms with van der Waals surface area (Å²) in [6, 6.07) is 19.7. The second-order valence-electron chi connectivity index (χ2n) is 7.04. The van der Waals surface area contributed by atoms with E-state index < -0.39 is 0 Å². The lowest BCUT2D eigenvalue weighted by atomic mass is 10.2. The van der Waals surface area contributed by atoms with Crippen molar-refractivity contribution in [2.75, 3.05) is 7.11 Å². The van der Waals surface area contributed by atoms with Gasteiger partial charge in [-0.2, -0.15) is 4.68 Å². The Labute approximate surface area is 180 Å². The predicted octanol–water partition coefficient (Wildman–Crippen LogP) is 3.24. The summed E-state index contributed by atoms with van der Waals surface area (Å²) in [5.41, 5.74) is 4.15. The van der Waals surface area contributed by atoms with E-state index in [1.807, 2.05) is 67.6 Å². The molecule has 0 bridgehead atoms. The zero-order chi connectivity index (χ0) is 21.5. The molecular weight excluding hydrogens is 392 g/mol. The van der Waals surface area contributed by atoms with E-state index in [2.05, 4.69) is 25.8 Å². The molecular formula is C23H24N6O2. The van der Waals surface area contributed by atoms with Crippen LogP contribution in [0.1, 0.15) is 22.6 Å². The average molecular weight is 416 g/mol. The molecule has 0 amide bonds. The molecule has 0 spiro atoms. The fraction of sp³-hybridized carbons (Fsp3) is 0.217. The van der Waals surface area contributed by atoms with Gasteiger partial charge in [-0.15, -0.1) is 5.10 Å².